The van der Waals surface area contributed by atoms with Gasteiger partial charge in [-0.2, -0.15) is 0 Å². The number of nitrogens with one attached hydrogen (secondary N) is 1. The fourth-order valence-corrected chi connectivity index (χ4v) is 5.97. The number of amides is 2. The van der Waals surface area contributed by atoms with Crippen LogP contribution in [-0.4, -0.2) is 58.8 Å². The van der Waals surface area contributed by atoms with Crippen molar-refractivity contribution in [2.24, 2.45) is 5.92 Å². The molecule has 0 saturated carbocycles. The van der Waals surface area contributed by atoms with Crippen LogP contribution in [0.5, 0.6) is 0 Å². The highest BCUT2D eigenvalue weighted by Crippen LogP contribution is 2.27. The van der Waals surface area contributed by atoms with E-state index in [9.17, 15) is 9.59 Å². The lowest BCUT2D eigenvalue weighted by molar-refractivity contribution is -0.122. The number of ether oxygens (including phenoxy) is 1. The molecular formula is C29H36ClN5O3S. The molecule has 0 spiro atoms. The number of halogens is 1. The highest BCUT2D eigenvalue weighted by atomic mass is 35.5. The first-order chi connectivity index (χ1) is 18.3. The summed E-state index contributed by atoms with van der Waals surface area (Å²) in [5, 5.41) is 13.2. The zero-order valence-electron chi connectivity index (χ0n) is 21.6. The van der Waals surface area contributed by atoms with E-state index in [1.54, 1.807) is 4.90 Å². The number of hydrogen-bond acceptors (Lipinski definition) is 7. The third-order valence-electron chi connectivity index (χ3n) is 6.88. The monoisotopic (exact) mass is 569 g/mol. The molecular weight excluding hydrogens is 534 g/mol. The molecule has 2 fully saturated rings. The molecule has 10 heteroatoms. The van der Waals surface area contributed by atoms with Crippen molar-refractivity contribution in [1.29, 1.82) is 0 Å². The highest BCUT2D eigenvalue weighted by molar-refractivity contribution is 7.15. The maximum absolute atomic E-state index is 12.9. The van der Waals surface area contributed by atoms with Gasteiger partial charge in [0.2, 0.25) is 16.9 Å². The largest absolute Gasteiger partial charge is 0.373 e. The van der Waals surface area contributed by atoms with Crippen LogP contribution in [0.1, 0.15) is 43.8 Å². The average Bonchev–Trinajstić information content (AvgIpc) is 3.50. The van der Waals surface area contributed by atoms with Crippen molar-refractivity contribution in [3.8, 4) is 0 Å². The zero-order chi connectivity index (χ0) is 26.6. The molecule has 1 aromatic heterocycles. The van der Waals surface area contributed by atoms with Crippen molar-refractivity contribution in [3.63, 3.8) is 0 Å². The number of benzene rings is 2. The van der Waals surface area contributed by atoms with Gasteiger partial charge in [-0.15, -0.1) is 10.2 Å². The number of carbonyl (C=O) groups excluding carboxylic acids is 2. The second-order valence-electron chi connectivity index (χ2n) is 10.1. The number of nitrogens with zero attached hydrogens (tertiary/aromatic N) is 4. The van der Waals surface area contributed by atoms with E-state index in [4.69, 9.17) is 16.3 Å². The molecule has 1 N–H and O–H groups in total. The predicted octanol–water partition coefficient (Wildman–Crippen LogP) is 5.21. The minimum absolute atomic E-state index is 0. The van der Waals surface area contributed by atoms with E-state index in [0.29, 0.717) is 16.7 Å². The number of carbonyl (C=O) groups is 2. The maximum Gasteiger partial charge on any atom is 0.231 e. The molecule has 2 amide bonds. The Morgan fingerprint density at radius 3 is 2.36 bits per heavy atom. The Hall–Kier alpha value is -2.85. The molecule has 0 bridgehead atoms. The lowest BCUT2D eigenvalue weighted by atomic mass is 10.1. The van der Waals surface area contributed by atoms with Crippen LogP contribution < -0.4 is 10.2 Å². The molecule has 3 aromatic rings. The summed E-state index contributed by atoms with van der Waals surface area (Å²) in [5.74, 6) is -0.678. The van der Waals surface area contributed by atoms with E-state index < -0.39 is 5.92 Å². The van der Waals surface area contributed by atoms with Crippen LogP contribution in [0.2, 0.25) is 5.02 Å². The summed E-state index contributed by atoms with van der Waals surface area (Å²) in [4.78, 5) is 29.8. The van der Waals surface area contributed by atoms with Gasteiger partial charge in [0.25, 0.3) is 0 Å². The Labute approximate surface area is 239 Å². The molecule has 1 unspecified atom stereocenters. The smallest absolute Gasteiger partial charge is 0.231 e. The minimum Gasteiger partial charge on any atom is -0.373 e. The molecule has 0 aliphatic carbocycles. The van der Waals surface area contributed by atoms with Gasteiger partial charge in [-0.25, -0.2) is 0 Å². The van der Waals surface area contributed by atoms with E-state index in [-0.39, 0.29) is 37.9 Å². The molecule has 2 aromatic carbocycles. The number of anilines is 2. The van der Waals surface area contributed by atoms with Crippen LogP contribution in [0.15, 0.2) is 48.5 Å². The molecule has 2 saturated heterocycles. The normalized spacial score (nSPS) is 21.6. The van der Waals surface area contributed by atoms with E-state index >= 15 is 0 Å². The molecule has 3 heterocycles. The van der Waals surface area contributed by atoms with Crippen LogP contribution in [0.4, 0.5) is 10.8 Å². The summed E-state index contributed by atoms with van der Waals surface area (Å²) >= 11 is 7.31. The molecule has 2 aliphatic rings. The SMILES string of the molecule is C.C[C@@H]1CN(Cc2ccc(N3CC(C(=O)Nc4nnc(CCc5ccc(Cl)cc5)s4)CC3=O)cc2)C[C@H](C)O1. The number of hydrogen-bond donors (Lipinski definition) is 1. The lowest BCUT2D eigenvalue weighted by Crippen LogP contribution is -2.44. The van der Waals surface area contributed by atoms with Gasteiger partial charge in [-0.3, -0.25) is 14.5 Å². The Morgan fingerprint density at radius 2 is 1.67 bits per heavy atom. The molecule has 208 valence electrons. The van der Waals surface area contributed by atoms with E-state index in [0.717, 1.165) is 48.7 Å². The van der Waals surface area contributed by atoms with Gasteiger partial charge in [0.15, 0.2) is 0 Å². The van der Waals surface area contributed by atoms with Crippen LogP contribution in [0.3, 0.4) is 0 Å². The summed E-state index contributed by atoms with van der Waals surface area (Å²) < 4.78 is 5.82. The van der Waals surface area contributed by atoms with Crippen LogP contribution in [0.25, 0.3) is 0 Å². The van der Waals surface area contributed by atoms with Crippen LogP contribution >= 0.6 is 22.9 Å². The molecule has 2 aliphatic heterocycles. The predicted molar refractivity (Wildman–Crippen MR) is 156 cm³/mol. The first kappa shape index (κ1) is 29.1. The first-order valence-electron chi connectivity index (χ1n) is 13.0. The molecule has 39 heavy (non-hydrogen) atoms. The number of aryl methyl sites for hydroxylation is 2. The zero-order valence-corrected chi connectivity index (χ0v) is 23.2. The summed E-state index contributed by atoms with van der Waals surface area (Å²) in [6.07, 6.45) is 2.17. The highest BCUT2D eigenvalue weighted by Gasteiger charge is 2.35. The van der Waals surface area contributed by atoms with Crippen LogP contribution in [-0.2, 0) is 33.7 Å². The number of rotatable bonds is 8. The van der Waals surface area contributed by atoms with Gasteiger partial charge < -0.3 is 15.0 Å². The molecule has 0 radical (unpaired) electrons. The van der Waals surface area contributed by atoms with Crippen molar-refractivity contribution in [2.75, 3.05) is 29.9 Å². The van der Waals surface area contributed by atoms with Crippen molar-refractivity contribution < 1.29 is 14.3 Å². The quantitative estimate of drug-likeness (QED) is 0.400. The minimum atomic E-state index is -0.431. The van der Waals surface area contributed by atoms with Crippen molar-refractivity contribution in [1.82, 2.24) is 15.1 Å². The standard InChI is InChI=1S/C28H32ClN5O3S.CH4/c1-18-14-33(15-19(2)37-18)16-21-5-10-24(11-6-21)34-17-22(13-26(34)35)27(36)30-28-32-31-25(38-28)12-7-20-3-8-23(29)9-4-20;/h3-6,8-11,18-19,22H,7,12-17H2,1-2H3,(H,30,32,36);1H4/t18-,19+,22?;. The molecule has 5 rings (SSSR count). The summed E-state index contributed by atoms with van der Waals surface area (Å²) in [6, 6.07) is 15.8. The van der Waals surface area contributed by atoms with Crippen molar-refractivity contribution in [3.05, 3.63) is 69.7 Å². The lowest BCUT2D eigenvalue weighted by Gasteiger charge is -2.35. The average molecular weight is 570 g/mol. The van der Waals surface area contributed by atoms with Crippen molar-refractivity contribution in [2.45, 2.75) is 59.3 Å². The first-order valence-corrected chi connectivity index (χ1v) is 14.2. The third kappa shape index (κ3) is 7.63. The van der Waals surface area contributed by atoms with Gasteiger partial charge in [0, 0.05) is 49.7 Å². The molecule has 8 nitrogen and oxygen atoms in total. The Morgan fingerprint density at radius 1 is 1.00 bits per heavy atom. The fourth-order valence-electron chi connectivity index (χ4n) is 5.10. The van der Waals surface area contributed by atoms with Gasteiger partial charge in [-0.1, -0.05) is 54.6 Å². The Bertz CT molecular complexity index is 1260. The third-order valence-corrected chi connectivity index (χ3v) is 8.03. The van der Waals surface area contributed by atoms with E-state index in [1.165, 1.54) is 16.9 Å². The Balaban J connectivity index is 0.00000353. The summed E-state index contributed by atoms with van der Waals surface area (Å²) in [5.41, 5.74) is 3.18. The van der Waals surface area contributed by atoms with Gasteiger partial charge in [0.1, 0.15) is 5.01 Å². The van der Waals surface area contributed by atoms with E-state index in [2.05, 4.69) is 46.4 Å². The molecule has 3 atom stereocenters. The second-order valence-corrected chi connectivity index (χ2v) is 11.6. The topological polar surface area (TPSA) is 87.7 Å². The summed E-state index contributed by atoms with van der Waals surface area (Å²) in [7, 11) is 0. The van der Waals surface area contributed by atoms with Gasteiger partial charge >= 0.3 is 0 Å². The fraction of sp³-hybridized carbons (Fsp3) is 0.448. The second kappa shape index (κ2) is 13.0. The van der Waals surface area contributed by atoms with E-state index in [1.807, 2.05) is 36.4 Å². The summed E-state index contributed by atoms with van der Waals surface area (Å²) in [6.45, 7) is 7.22. The maximum atomic E-state index is 12.9. The number of aromatic nitrogens is 2. The van der Waals surface area contributed by atoms with Crippen LogP contribution in [0, 0.1) is 5.92 Å². The Kier molecular flexibility index (Phi) is 9.71. The van der Waals surface area contributed by atoms with Crippen molar-refractivity contribution >= 4 is 45.6 Å². The number of morpholine rings is 1. The van der Waals surface area contributed by atoms with Gasteiger partial charge in [0.05, 0.1) is 18.1 Å². The van der Waals surface area contributed by atoms with Gasteiger partial charge in [-0.05, 0) is 55.7 Å².